The minimum atomic E-state index is -0.0705. The van der Waals surface area contributed by atoms with E-state index in [0.29, 0.717) is 17.9 Å². The molecule has 1 aromatic heterocycles. The van der Waals surface area contributed by atoms with Gasteiger partial charge in [-0.2, -0.15) is 0 Å². The number of carbonyl (C=O) groups excluding carboxylic acids is 1. The van der Waals surface area contributed by atoms with Crippen LogP contribution in [-0.2, 0) is 6.42 Å². The molecule has 3 nitrogen and oxygen atoms in total. The SMILES string of the molecule is CC(=O)c1cc(Cc2ccc(C)cc2)on1. The molecule has 0 bridgehead atoms. The summed E-state index contributed by atoms with van der Waals surface area (Å²) in [5.41, 5.74) is 2.77. The van der Waals surface area contributed by atoms with Gasteiger partial charge in [-0.25, -0.2) is 0 Å². The molecule has 0 saturated heterocycles. The van der Waals surface area contributed by atoms with Gasteiger partial charge >= 0.3 is 0 Å². The van der Waals surface area contributed by atoms with Gasteiger partial charge in [0.25, 0.3) is 0 Å². The lowest BCUT2D eigenvalue weighted by molar-refractivity contribution is 0.100. The van der Waals surface area contributed by atoms with Gasteiger partial charge in [-0.3, -0.25) is 4.79 Å². The van der Waals surface area contributed by atoms with E-state index >= 15 is 0 Å². The van der Waals surface area contributed by atoms with Crippen molar-refractivity contribution in [2.75, 3.05) is 0 Å². The molecule has 0 spiro atoms. The van der Waals surface area contributed by atoms with Gasteiger partial charge in [0.15, 0.2) is 5.78 Å². The largest absolute Gasteiger partial charge is 0.360 e. The Morgan fingerprint density at radius 3 is 2.56 bits per heavy atom. The predicted molar refractivity (Wildman–Crippen MR) is 60.5 cm³/mol. The summed E-state index contributed by atoms with van der Waals surface area (Å²) in [4.78, 5) is 11.0. The highest BCUT2D eigenvalue weighted by atomic mass is 16.5. The Hall–Kier alpha value is -1.90. The minimum absolute atomic E-state index is 0.0705. The molecule has 0 saturated carbocycles. The van der Waals surface area contributed by atoms with E-state index in [-0.39, 0.29) is 5.78 Å². The molecule has 2 aromatic rings. The maximum Gasteiger partial charge on any atom is 0.181 e. The van der Waals surface area contributed by atoms with E-state index in [1.807, 2.05) is 19.1 Å². The smallest absolute Gasteiger partial charge is 0.181 e. The van der Waals surface area contributed by atoms with E-state index in [4.69, 9.17) is 4.52 Å². The standard InChI is InChI=1S/C13H13NO2/c1-9-3-5-11(6-4-9)7-12-8-13(10(2)15)14-16-12/h3-6,8H,7H2,1-2H3. The second-order valence-electron chi connectivity index (χ2n) is 3.90. The van der Waals surface area contributed by atoms with Crippen molar-refractivity contribution >= 4 is 5.78 Å². The molecule has 0 aliphatic carbocycles. The van der Waals surface area contributed by atoms with Crippen molar-refractivity contribution in [2.24, 2.45) is 0 Å². The fourth-order valence-electron chi connectivity index (χ4n) is 1.47. The van der Waals surface area contributed by atoms with Crippen LogP contribution in [0.4, 0.5) is 0 Å². The first-order valence-corrected chi connectivity index (χ1v) is 5.17. The molecular weight excluding hydrogens is 202 g/mol. The lowest BCUT2D eigenvalue weighted by Gasteiger charge is -1.97. The Labute approximate surface area is 94.1 Å². The van der Waals surface area contributed by atoms with E-state index in [1.54, 1.807) is 6.07 Å². The summed E-state index contributed by atoms with van der Waals surface area (Å²) < 4.78 is 5.09. The molecule has 0 amide bonds. The van der Waals surface area contributed by atoms with Crippen LogP contribution in [0.2, 0.25) is 0 Å². The predicted octanol–water partition coefficient (Wildman–Crippen LogP) is 2.78. The average molecular weight is 215 g/mol. The van der Waals surface area contributed by atoms with Crippen LogP contribution in [0, 0.1) is 6.92 Å². The van der Waals surface area contributed by atoms with Gasteiger partial charge in [0.2, 0.25) is 0 Å². The lowest BCUT2D eigenvalue weighted by atomic mass is 10.1. The minimum Gasteiger partial charge on any atom is -0.360 e. The first-order valence-electron chi connectivity index (χ1n) is 5.17. The number of aryl methyl sites for hydroxylation is 1. The first kappa shape index (κ1) is 10.6. The van der Waals surface area contributed by atoms with Gasteiger partial charge in [-0.05, 0) is 12.5 Å². The molecule has 2 rings (SSSR count). The van der Waals surface area contributed by atoms with Gasteiger partial charge in [0.05, 0.1) is 0 Å². The molecule has 16 heavy (non-hydrogen) atoms. The van der Waals surface area contributed by atoms with Crippen LogP contribution in [-0.4, -0.2) is 10.9 Å². The highest BCUT2D eigenvalue weighted by Gasteiger charge is 2.08. The van der Waals surface area contributed by atoms with Crippen molar-refractivity contribution in [3.8, 4) is 0 Å². The second-order valence-corrected chi connectivity index (χ2v) is 3.90. The zero-order valence-electron chi connectivity index (χ0n) is 9.36. The maximum atomic E-state index is 11.0. The summed E-state index contributed by atoms with van der Waals surface area (Å²) in [6, 6.07) is 9.90. The zero-order chi connectivity index (χ0) is 11.5. The number of aromatic nitrogens is 1. The summed E-state index contributed by atoms with van der Waals surface area (Å²) in [6.07, 6.45) is 0.667. The van der Waals surface area contributed by atoms with Crippen molar-refractivity contribution in [3.05, 3.63) is 52.9 Å². The van der Waals surface area contributed by atoms with Gasteiger partial charge < -0.3 is 4.52 Å². The molecule has 0 radical (unpaired) electrons. The fourth-order valence-corrected chi connectivity index (χ4v) is 1.47. The zero-order valence-corrected chi connectivity index (χ0v) is 9.36. The topological polar surface area (TPSA) is 43.1 Å². The Bertz CT molecular complexity index is 497. The number of Topliss-reactive ketones (excluding diaryl/α,β-unsaturated/α-hetero) is 1. The third kappa shape index (κ3) is 2.37. The van der Waals surface area contributed by atoms with E-state index in [1.165, 1.54) is 12.5 Å². The van der Waals surface area contributed by atoms with Crippen LogP contribution in [0.25, 0.3) is 0 Å². The molecule has 0 aliphatic heterocycles. The molecule has 0 aliphatic rings. The summed E-state index contributed by atoms with van der Waals surface area (Å²) >= 11 is 0. The number of nitrogens with zero attached hydrogens (tertiary/aromatic N) is 1. The number of hydrogen-bond donors (Lipinski definition) is 0. The number of hydrogen-bond acceptors (Lipinski definition) is 3. The highest BCUT2D eigenvalue weighted by Crippen LogP contribution is 2.12. The summed E-state index contributed by atoms with van der Waals surface area (Å²) in [6.45, 7) is 3.53. The number of ketones is 1. The maximum absolute atomic E-state index is 11.0. The third-order valence-corrected chi connectivity index (χ3v) is 2.42. The van der Waals surface area contributed by atoms with Gasteiger partial charge in [0.1, 0.15) is 11.5 Å². The quantitative estimate of drug-likeness (QED) is 0.739. The van der Waals surface area contributed by atoms with Gasteiger partial charge in [-0.1, -0.05) is 35.0 Å². The lowest BCUT2D eigenvalue weighted by Crippen LogP contribution is -1.90. The highest BCUT2D eigenvalue weighted by molar-refractivity contribution is 5.91. The Morgan fingerprint density at radius 1 is 1.31 bits per heavy atom. The van der Waals surface area contributed by atoms with Crippen molar-refractivity contribution in [1.29, 1.82) is 0 Å². The Morgan fingerprint density at radius 2 is 2.00 bits per heavy atom. The molecule has 3 heteroatoms. The van der Waals surface area contributed by atoms with Crippen molar-refractivity contribution < 1.29 is 9.32 Å². The van der Waals surface area contributed by atoms with Crippen molar-refractivity contribution in [3.63, 3.8) is 0 Å². The van der Waals surface area contributed by atoms with E-state index < -0.39 is 0 Å². The fraction of sp³-hybridized carbons (Fsp3) is 0.231. The molecule has 0 fully saturated rings. The second kappa shape index (κ2) is 4.31. The van der Waals surface area contributed by atoms with Crippen LogP contribution in [0.1, 0.15) is 34.3 Å². The van der Waals surface area contributed by atoms with Crippen LogP contribution in [0.15, 0.2) is 34.9 Å². The summed E-state index contributed by atoms with van der Waals surface area (Å²) in [7, 11) is 0. The van der Waals surface area contributed by atoms with Crippen LogP contribution in [0.3, 0.4) is 0 Å². The molecule has 82 valence electrons. The van der Waals surface area contributed by atoms with E-state index in [2.05, 4.69) is 17.3 Å². The summed E-state index contributed by atoms with van der Waals surface area (Å²) in [5.74, 6) is 0.646. The van der Waals surface area contributed by atoms with Crippen LogP contribution < -0.4 is 0 Å². The number of benzene rings is 1. The monoisotopic (exact) mass is 215 g/mol. The van der Waals surface area contributed by atoms with Crippen LogP contribution >= 0.6 is 0 Å². The van der Waals surface area contributed by atoms with Gasteiger partial charge in [-0.15, -0.1) is 0 Å². The molecule has 0 N–H and O–H groups in total. The first-order chi connectivity index (χ1) is 7.65. The molecule has 0 unspecified atom stereocenters. The van der Waals surface area contributed by atoms with E-state index in [0.717, 1.165) is 5.56 Å². The number of rotatable bonds is 3. The van der Waals surface area contributed by atoms with E-state index in [9.17, 15) is 4.79 Å². The Kier molecular flexibility index (Phi) is 2.86. The normalized spacial score (nSPS) is 10.4. The molecule has 1 aromatic carbocycles. The molecule has 0 atom stereocenters. The molecule has 1 heterocycles. The van der Waals surface area contributed by atoms with Crippen molar-refractivity contribution in [1.82, 2.24) is 5.16 Å². The van der Waals surface area contributed by atoms with Crippen LogP contribution in [0.5, 0.6) is 0 Å². The van der Waals surface area contributed by atoms with Crippen molar-refractivity contribution in [2.45, 2.75) is 20.3 Å². The summed E-state index contributed by atoms with van der Waals surface area (Å²) in [5, 5.41) is 3.70. The van der Waals surface area contributed by atoms with Gasteiger partial charge in [0, 0.05) is 19.4 Å². The Balaban J connectivity index is 2.14. The average Bonchev–Trinajstić information content (AvgIpc) is 2.70. The number of carbonyl (C=O) groups is 1. The molecular formula is C13H13NO2. The third-order valence-electron chi connectivity index (χ3n) is 2.42.